The van der Waals surface area contributed by atoms with Gasteiger partial charge in [-0.2, -0.15) is 0 Å². The van der Waals surface area contributed by atoms with Gasteiger partial charge < -0.3 is 16.0 Å². The molecule has 0 radical (unpaired) electrons. The summed E-state index contributed by atoms with van der Waals surface area (Å²) >= 11 is 8.79. The third kappa shape index (κ3) is 8.92. The fraction of sp³-hybridized carbons (Fsp3) is 0.0857. The van der Waals surface area contributed by atoms with Crippen molar-refractivity contribution in [2.75, 3.05) is 10.6 Å². The average Bonchev–Trinajstić information content (AvgIpc) is 3.51. The van der Waals surface area contributed by atoms with Crippen molar-refractivity contribution < 1.29 is 14.4 Å². The molecular weight excluding hydrogens is 624 g/mol. The molecule has 3 amide bonds. The number of nitrogens with zero attached hydrogens (tertiary/aromatic N) is 1. The largest absolute Gasteiger partial charge is 0.321 e. The minimum Gasteiger partial charge on any atom is -0.321 e. The SMILES string of the molecule is Cc1ccc(-c2csc(NC(=O)C(C)Sc3ccc(NC(=O)/C(=C/c4ccc(Cl)cc4)NC(=O)c4ccccc4)cc3)n2)cc1. The first kappa shape index (κ1) is 31.7. The van der Waals surface area contributed by atoms with Crippen LogP contribution in [0.3, 0.4) is 0 Å². The molecule has 0 bridgehead atoms. The van der Waals surface area contributed by atoms with E-state index in [0.29, 0.717) is 27.0 Å². The molecule has 0 aliphatic carbocycles. The van der Waals surface area contributed by atoms with Gasteiger partial charge in [0.05, 0.1) is 10.9 Å². The molecule has 5 rings (SSSR count). The van der Waals surface area contributed by atoms with Gasteiger partial charge in [0.2, 0.25) is 5.91 Å². The van der Waals surface area contributed by atoms with Gasteiger partial charge in [-0.25, -0.2) is 4.98 Å². The summed E-state index contributed by atoms with van der Waals surface area (Å²) in [6.07, 6.45) is 1.59. The lowest BCUT2D eigenvalue weighted by atomic mass is 10.1. The molecule has 0 aliphatic rings. The molecule has 0 spiro atoms. The van der Waals surface area contributed by atoms with E-state index in [4.69, 9.17) is 11.6 Å². The second-order valence-electron chi connectivity index (χ2n) is 10.1. The molecule has 3 N–H and O–H groups in total. The van der Waals surface area contributed by atoms with Gasteiger partial charge in [0.15, 0.2) is 5.13 Å². The molecular formula is C35H29ClN4O3S2. The molecule has 0 saturated heterocycles. The van der Waals surface area contributed by atoms with E-state index in [1.807, 2.05) is 61.7 Å². The molecule has 0 fully saturated rings. The zero-order valence-electron chi connectivity index (χ0n) is 24.4. The summed E-state index contributed by atoms with van der Waals surface area (Å²) in [6.45, 7) is 3.86. The van der Waals surface area contributed by atoms with Gasteiger partial charge in [-0.15, -0.1) is 23.1 Å². The number of thiazole rings is 1. The molecule has 1 heterocycles. The van der Waals surface area contributed by atoms with Crippen LogP contribution in [0.5, 0.6) is 0 Å². The van der Waals surface area contributed by atoms with Crippen LogP contribution in [0.2, 0.25) is 5.02 Å². The van der Waals surface area contributed by atoms with Crippen LogP contribution in [0.4, 0.5) is 10.8 Å². The van der Waals surface area contributed by atoms with Gasteiger partial charge in [-0.1, -0.05) is 71.8 Å². The van der Waals surface area contributed by atoms with E-state index in [1.54, 1.807) is 66.7 Å². The van der Waals surface area contributed by atoms with E-state index in [9.17, 15) is 14.4 Å². The monoisotopic (exact) mass is 652 g/mol. The maximum absolute atomic E-state index is 13.3. The van der Waals surface area contributed by atoms with Gasteiger partial charge in [-0.3, -0.25) is 14.4 Å². The second kappa shape index (κ2) is 14.9. The Morgan fingerprint density at radius 2 is 1.56 bits per heavy atom. The summed E-state index contributed by atoms with van der Waals surface area (Å²) in [5.74, 6) is -1.06. The molecule has 45 heavy (non-hydrogen) atoms. The van der Waals surface area contributed by atoms with E-state index in [1.165, 1.54) is 28.7 Å². The first-order chi connectivity index (χ1) is 21.7. The van der Waals surface area contributed by atoms with E-state index in [0.717, 1.165) is 16.2 Å². The second-order valence-corrected chi connectivity index (χ2v) is 12.8. The summed E-state index contributed by atoms with van der Waals surface area (Å²) in [5, 5.41) is 11.1. The first-order valence-electron chi connectivity index (χ1n) is 14.0. The summed E-state index contributed by atoms with van der Waals surface area (Å²) in [6, 6.07) is 30.8. The average molecular weight is 653 g/mol. The summed E-state index contributed by atoms with van der Waals surface area (Å²) in [7, 11) is 0. The number of anilines is 2. The summed E-state index contributed by atoms with van der Waals surface area (Å²) in [4.78, 5) is 44.5. The van der Waals surface area contributed by atoms with Crippen LogP contribution in [0.1, 0.15) is 28.4 Å². The van der Waals surface area contributed by atoms with Crippen molar-refractivity contribution in [1.29, 1.82) is 0 Å². The van der Waals surface area contributed by atoms with Gasteiger partial charge in [0.1, 0.15) is 5.70 Å². The number of carbonyl (C=O) groups is 3. The Kier molecular flexibility index (Phi) is 10.5. The minimum atomic E-state index is -0.490. The third-order valence-corrected chi connectivity index (χ3v) is 8.71. The predicted molar refractivity (Wildman–Crippen MR) is 185 cm³/mol. The first-order valence-corrected chi connectivity index (χ1v) is 16.1. The molecule has 10 heteroatoms. The van der Waals surface area contributed by atoms with Crippen molar-refractivity contribution in [2.45, 2.75) is 24.0 Å². The number of halogens is 1. The zero-order chi connectivity index (χ0) is 31.8. The Morgan fingerprint density at radius 1 is 0.867 bits per heavy atom. The van der Waals surface area contributed by atoms with Crippen LogP contribution >= 0.6 is 34.7 Å². The van der Waals surface area contributed by atoms with Crippen molar-refractivity contribution >= 4 is 69.3 Å². The molecule has 0 aliphatic heterocycles. The van der Waals surface area contributed by atoms with Gasteiger partial charge in [0, 0.05) is 32.1 Å². The lowest BCUT2D eigenvalue weighted by Crippen LogP contribution is -2.30. The van der Waals surface area contributed by atoms with Crippen LogP contribution in [0.15, 0.2) is 119 Å². The Labute approximate surface area is 274 Å². The third-order valence-electron chi connectivity index (χ3n) is 6.59. The molecule has 226 valence electrons. The standard InChI is InChI=1S/C35H29ClN4O3S2/c1-22-8-12-25(13-9-22)31-21-44-35(39-31)40-32(41)23(2)45-29-18-16-28(17-19-29)37-34(43)30(20-24-10-14-27(36)15-11-24)38-33(42)26-6-4-3-5-7-26/h3-21,23H,1-2H3,(H,37,43)(H,38,42)(H,39,40,41)/b30-20-. The van der Waals surface area contributed by atoms with Crippen LogP contribution in [0.25, 0.3) is 17.3 Å². The quantitative estimate of drug-likeness (QED) is 0.104. The van der Waals surface area contributed by atoms with E-state index in [-0.39, 0.29) is 16.9 Å². The van der Waals surface area contributed by atoms with Crippen molar-refractivity contribution in [1.82, 2.24) is 10.3 Å². The smallest absolute Gasteiger partial charge is 0.272 e. The number of aryl methyl sites for hydroxylation is 1. The van der Waals surface area contributed by atoms with Crippen LogP contribution in [0, 0.1) is 6.92 Å². The number of hydrogen-bond donors (Lipinski definition) is 3. The zero-order valence-corrected chi connectivity index (χ0v) is 26.8. The number of benzene rings is 4. The lowest BCUT2D eigenvalue weighted by Gasteiger charge is -2.13. The molecule has 4 aromatic carbocycles. The van der Waals surface area contributed by atoms with E-state index >= 15 is 0 Å². The van der Waals surface area contributed by atoms with E-state index in [2.05, 4.69) is 20.9 Å². The number of hydrogen-bond acceptors (Lipinski definition) is 6. The highest BCUT2D eigenvalue weighted by Crippen LogP contribution is 2.28. The van der Waals surface area contributed by atoms with Crippen molar-refractivity contribution in [3.05, 3.63) is 136 Å². The van der Waals surface area contributed by atoms with Crippen molar-refractivity contribution in [2.24, 2.45) is 0 Å². The Morgan fingerprint density at radius 3 is 2.24 bits per heavy atom. The maximum Gasteiger partial charge on any atom is 0.272 e. The van der Waals surface area contributed by atoms with Gasteiger partial charge in [0.25, 0.3) is 11.8 Å². The number of nitrogens with one attached hydrogen (secondary N) is 3. The van der Waals surface area contributed by atoms with Crippen LogP contribution in [-0.4, -0.2) is 28.0 Å². The van der Waals surface area contributed by atoms with Crippen molar-refractivity contribution in [3.8, 4) is 11.3 Å². The molecule has 1 atom stereocenters. The molecule has 1 unspecified atom stereocenters. The highest BCUT2D eigenvalue weighted by molar-refractivity contribution is 8.00. The molecule has 0 saturated carbocycles. The van der Waals surface area contributed by atoms with Crippen molar-refractivity contribution in [3.63, 3.8) is 0 Å². The number of carbonyl (C=O) groups excluding carboxylic acids is 3. The predicted octanol–water partition coefficient (Wildman–Crippen LogP) is 8.30. The number of aromatic nitrogens is 1. The van der Waals surface area contributed by atoms with Gasteiger partial charge in [-0.05, 0) is 74.0 Å². The highest BCUT2D eigenvalue weighted by Gasteiger charge is 2.18. The number of thioether (sulfide) groups is 1. The highest BCUT2D eigenvalue weighted by atomic mass is 35.5. The van der Waals surface area contributed by atoms with Crippen LogP contribution < -0.4 is 16.0 Å². The summed E-state index contributed by atoms with van der Waals surface area (Å²) in [5.41, 5.74) is 4.71. The topological polar surface area (TPSA) is 100 Å². The van der Waals surface area contributed by atoms with Gasteiger partial charge >= 0.3 is 0 Å². The molecule has 5 aromatic rings. The number of amides is 3. The Hall–Kier alpha value is -4.70. The minimum absolute atomic E-state index is 0.0719. The fourth-order valence-electron chi connectivity index (χ4n) is 4.14. The normalized spacial score (nSPS) is 11.8. The number of rotatable bonds is 10. The summed E-state index contributed by atoms with van der Waals surface area (Å²) < 4.78 is 0. The van der Waals surface area contributed by atoms with E-state index < -0.39 is 11.8 Å². The van der Waals surface area contributed by atoms with Crippen LogP contribution in [-0.2, 0) is 9.59 Å². The fourth-order valence-corrected chi connectivity index (χ4v) is 5.85. The lowest BCUT2D eigenvalue weighted by molar-refractivity contribution is -0.115. The molecule has 7 nitrogen and oxygen atoms in total. The Bertz CT molecular complexity index is 1820. The Balaban J connectivity index is 1.20. The maximum atomic E-state index is 13.3. The molecule has 1 aromatic heterocycles.